The van der Waals surface area contributed by atoms with E-state index in [0.29, 0.717) is 46.2 Å². The van der Waals surface area contributed by atoms with Gasteiger partial charge in [-0.2, -0.15) is 0 Å². The van der Waals surface area contributed by atoms with Gasteiger partial charge in [-0.3, -0.25) is 29.4 Å². The highest BCUT2D eigenvalue weighted by atomic mass is 16.6. The average molecular weight is 537 g/mol. The third kappa shape index (κ3) is 8.57. The minimum Gasteiger partial charge on any atom is -0.490 e. The SMILES string of the molecule is O=C1CCC(N2C(=O)c3cccc(OCCOCCOCCOCCOCCCCCO)c3C2=O)C(=O)N1. The van der Waals surface area contributed by atoms with Crippen molar-refractivity contribution < 1.29 is 48.0 Å². The van der Waals surface area contributed by atoms with Crippen molar-refractivity contribution in [2.45, 2.75) is 38.1 Å². The number of aliphatic hydroxyl groups excluding tert-OH is 1. The van der Waals surface area contributed by atoms with E-state index in [9.17, 15) is 19.2 Å². The zero-order valence-electron chi connectivity index (χ0n) is 21.5. The lowest BCUT2D eigenvalue weighted by molar-refractivity contribution is -0.136. The lowest BCUT2D eigenvalue weighted by Gasteiger charge is -2.27. The molecule has 1 saturated heterocycles. The number of imide groups is 2. The largest absolute Gasteiger partial charge is 0.490 e. The third-order valence-electron chi connectivity index (χ3n) is 5.98. The molecule has 0 aromatic heterocycles. The van der Waals surface area contributed by atoms with E-state index in [1.807, 2.05) is 0 Å². The normalized spacial score (nSPS) is 17.2. The summed E-state index contributed by atoms with van der Waals surface area (Å²) in [6, 6.07) is 3.68. The number of unbranched alkanes of at least 4 members (excludes halogenated alkanes) is 2. The number of amides is 4. The maximum atomic E-state index is 13.0. The monoisotopic (exact) mass is 536 g/mol. The van der Waals surface area contributed by atoms with Crippen molar-refractivity contribution in [2.24, 2.45) is 0 Å². The van der Waals surface area contributed by atoms with Crippen molar-refractivity contribution in [1.82, 2.24) is 10.2 Å². The first-order valence-corrected chi connectivity index (χ1v) is 12.9. The topological polar surface area (TPSA) is 150 Å². The van der Waals surface area contributed by atoms with Crippen LogP contribution >= 0.6 is 0 Å². The fourth-order valence-electron chi connectivity index (χ4n) is 4.07. The number of ether oxygens (including phenoxy) is 5. The van der Waals surface area contributed by atoms with Crippen molar-refractivity contribution in [2.75, 3.05) is 66.1 Å². The highest BCUT2D eigenvalue weighted by molar-refractivity contribution is 6.24. The van der Waals surface area contributed by atoms with Gasteiger partial charge in [0.25, 0.3) is 11.8 Å². The Bertz CT molecular complexity index is 954. The van der Waals surface area contributed by atoms with Crippen molar-refractivity contribution in [3.8, 4) is 5.75 Å². The summed E-state index contributed by atoms with van der Waals surface area (Å²) in [6.07, 6.45) is 2.85. The van der Waals surface area contributed by atoms with Crippen molar-refractivity contribution in [3.05, 3.63) is 29.3 Å². The molecule has 3 rings (SSSR count). The molecule has 1 aromatic rings. The van der Waals surface area contributed by atoms with Gasteiger partial charge >= 0.3 is 0 Å². The molecular formula is C26H36N2O10. The molecule has 2 aliphatic heterocycles. The van der Waals surface area contributed by atoms with Gasteiger partial charge in [0.2, 0.25) is 11.8 Å². The summed E-state index contributed by atoms with van der Waals surface area (Å²) in [4.78, 5) is 50.4. The molecule has 2 aliphatic rings. The first-order valence-electron chi connectivity index (χ1n) is 12.9. The molecule has 1 atom stereocenters. The van der Waals surface area contributed by atoms with Crippen LogP contribution < -0.4 is 10.1 Å². The van der Waals surface area contributed by atoms with Gasteiger partial charge in [0, 0.05) is 19.6 Å². The molecule has 0 spiro atoms. The number of nitrogens with one attached hydrogen (secondary N) is 1. The lowest BCUT2D eigenvalue weighted by Crippen LogP contribution is -2.54. The molecule has 210 valence electrons. The molecule has 0 bridgehead atoms. The minimum atomic E-state index is -1.03. The number of hydrogen-bond acceptors (Lipinski definition) is 10. The summed E-state index contributed by atoms with van der Waals surface area (Å²) in [7, 11) is 0. The van der Waals surface area contributed by atoms with E-state index < -0.39 is 29.7 Å². The highest BCUT2D eigenvalue weighted by Gasteiger charge is 2.45. The Morgan fingerprint density at radius 2 is 1.42 bits per heavy atom. The molecule has 4 amide bonds. The van der Waals surface area contributed by atoms with E-state index in [0.717, 1.165) is 24.2 Å². The zero-order valence-corrected chi connectivity index (χ0v) is 21.5. The molecular weight excluding hydrogens is 500 g/mol. The smallest absolute Gasteiger partial charge is 0.266 e. The van der Waals surface area contributed by atoms with Crippen LogP contribution in [0.25, 0.3) is 0 Å². The molecule has 0 saturated carbocycles. The number of carbonyl (C=O) groups excluding carboxylic acids is 4. The van der Waals surface area contributed by atoms with Crippen LogP contribution in [0.2, 0.25) is 0 Å². The van der Waals surface area contributed by atoms with E-state index in [2.05, 4.69) is 5.32 Å². The van der Waals surface area contributed by atoms with Crippen LogP contribution in [0.3, 0.4) is 0 Å². The van der Waals surface area contributed by atoms with E-state index in [1.165, 1.54) is 6.07 Å². The maximum Gasteiger partial charge on any atom is 0.266 e. The number of hydrogen-bond donors (Lipinski definition) is 2. The molecule has 2 heterocycles. The Morgan fingerprint density at radius 1 is 0.789 bits per heavy atom. The highest BCUT2D eigenvalue weighted by Crippen LogP contribution is 2.33. The predicted molar refractivity (Wildman–Crippen MR) is 133 cm³/mol. The summed E-state index contributed by atoms with van der Waals surface area (Å²) >= 11 is 0. The second kappa shape index (κ2) is 16.1. The number of piperidine rings is 1. The zero-order chi connectivity index (χ0) is 27.2. The van der Waals surface area contributed by atoms with Crippen LogP contribution in [0.4, 0.5) is 0 Å². The predicted octanol–water partition coefficient (Wildman–Crippen LogP) is 0.696. The molecule has 2 N–H and O–H groups in total. The standard InChI is InChI=1S/C26H36N2O10/c29-9-2-1-3-10-34-11-12-35-13-14-36-15-16-37-17-18-38-21-6-4-5-19-23(21)26(33)28(25(19)32)20-7-8-22(30)27-24(20)31/h4-6,20,29H,1-3,7-18H2,(H,27,30,31). The Kier molecular flexibility index (Phi) is 12.6. The van der Waals surface area contributed by atoms with Crippen molar-refractivity contribution in [3.63, 3.8) is 0 Å². The second-order valence-electron chi connectivity index (χ2n) is 8.71. The summed E-state index contributed by atoms with van der Waals surface area (Å²) in [5.41, 5.74) is 0.274. The minimum absolute atomic E-state index is 0.0590. The Labute approximate surface area is 221 Å². The van der Waals surface area contributed by atoms with Crippen LogP contribution in [0.5, 0.6) is 5.75 Å². The first kappa shape index (κ1) is 29.7. The summed E-state index contributed by atoms with van der Waals surface area (Å²) in [5.74, 6) is -2.04. The van der Waals surface area contributed by atoms with E-state index in [1.54, 1.807) is 12.1 Å². The number of aliphatic hydroxyl groups is 1. The van der Waals surface area contributed by atoms with Gasteiger partial charge in [0.05, 0.1) is 57.4 Å². The number of carbonyl (C=O) groups is 4. The van der Waals surface area contributed by atoms with Gasteiger partial charge in [-0.05, 0) is 37.8 Å². The summed E-state index contributed by atoms with van der Waals surface area (Å²) in [6.45, 7) is 3.96. The van der Waals surface area contributed by atoms with Gasteiger partial charge < -0.3 is 28.8 Å². The molecule has 1 fully saturated rings. The second-order valence-corrected chi connectivity index (χ2v) is 8.71. The van der Waals surface area contributed by atoms with Crippen LogP contribution in [0.15, 0.2) is 18.2 Å². The first-order chi connectivity index (χ1) is 18.5. The molecule has 0 radical (unpaired) electrons. The fraction of sp³-hybridized carbons (Fsp3) is 0.615. The number of fused-ring (bicyclic) bond motifs is 1. The molecule has 0 aliphatic carbocycles. The van der Waals surface area contributed by atoms with Crippen molar-refractivity contribution >= 4 is 23.6 Å². The molecule has 38 heavy (non-hydrogen) atoms. The number of rotatable bonds is 19. The fourth-order valence-corrected chi connectivity index (χ4v) is 4.07. The van der Waals surface area contributed by atoms with Crippen LogP contribution in [0.1, 0.15) is 52.8 Å². The molecule has 12 heteroatoms. The van der Waals surface area contributed by atoms with Gasteiger partial charge in [-0.15, -0.1) is 0 Å². The van der Waals surface area contributed by atoms with Gasteiger partial charge in [-0.25, -0.2) is 0 Å². The quantitative estimate of drug-likeness (QED) is 0.191. The molecule has 1 unspecified atom stereocenters. The van der Waals surface area contributed by atoms with Gasteiger partial charge in [0.1, 0.15) is 18.4 Å². The Hall–Kier alpha value is -2.90. The summed E-state index contributed by atoms with van der Waals surface area (Å²) in [5, 5.41) is 10.9. The van der Waals surface area contributed by atoms with Crippen LogP contribution in [-0.2, 0) is 28.5 Å². The maximum absolute atomic E-state index is 13.0. The van der Waals surface area contributed by atoms with Crippen LogP contribution in [-0.4, -0.2) is 106 Å². The number of benzene rings is 1. The van der Waals surface area contributed by atoms with E-state index >= 15 is 0 Å². The van der Waals surface area contributed by atoms with Crippen molar-refractivity contribution in [1.29, 1.82) is 0 Å². The van der Waals surface area contributed by atoms with Gasteiger partial charge in [0.15, 0.2) is 0 Å². The van der Waals surface area contributed by atoms with Crippen LogP contribution in [0, 0.1) is 0 Å². The third-order valence-corrected chi connectivity index (χ3v) is 5.98. The van der Waals surface area contributed by atoms with E-state index in [-0.39, 0.29) is 49.5 Å². The summed E-state index contributed by atoms with van der Waals surface area (Å²) < 4.78 is 27.5. The number of nitrogens with zero attached hydrogens (tertiary/aromatic N) is 1. The Balaban J connectivity index is 1.26. The van der Waals surface area contributed by atoms with Gasteiger partial charge in [-0.1, -0.05) is 6.07 Å². The Morgan fingerprint density at radius 3 is 2.05 bits per heavy atom. The molecule has 1 aromatic carbocycles. The average Bonchev–Trinajstić information content (AvgIpc) is 3.16. The molecule has 12 nitrogen and oxygen atoms in total. The lowest BCUT2D eigenvalue weighted by atomic mass is 10.0. The van der Waals surface area contributed by atoms with E-state index in [4.69, 9.17) is 28.8 Å².